The number of hydrogen-bond acceptors (Lipinski definition) is 5. The SMILES string of the molecule is CCNC(=O)CCOCCNC(=O)CCOCCNC(C)C. The molecule has 0 fully saturated rings. The number of ether oxygens (including phenoxy) is 2. The Labute approximate surface area is 133 Å². The minimum Gasteiger partial charge on any atom is -0.380 e. The summed E-state index contributed by atoms with van der Waals surface area (Å²) < 4.78 is 10.6. The summed E-state index contributed by atoms with van der Waals surface area (Å²) in [4.78, 5) is 22.6. The van der Waals surface area contributed by atoms with E-state index in [0.717, 1.165) is 6.54 Å². The molecule has 0 aliphatic rings. The van der Waals surface area contributed by atoms with Crippen molar-refractivity contribution in [3.05, 3.63) is 0 Å². The number of carbonyl (C=O) groups excluding carboxylic acids is 2. The maximum Gasteiger partial charge on any atom is 0.222 e. The van der Waals surface area contributed by atoms with Crippen LogP contribution in [0.1, 0.15) is 33.6 Å². The van der Waals surface area contributed by atoms with Crippen LogP contribution >= 0.6 is 0 Å². The van der Waals surface area contributed by atoms with Crippen LogP contribution in [-0.4, -0.2) is 63.9 Å². The first-order chi connectivity index (χ1) is 10.6. The van der Waals surface area contributed by atoms with Gasteiger partial charge >= 0.3 is 0 Å². The fourth-order valence-corrected chi connectivity index (χ4v) is 1.59. The second-order valence-electron chi connectivity index (χ2n) is 5.14. The highest BCUT2D eigenvalue weighted by atomic mass is 16.5. The highest BCUT2D eigenvalue weighted by Crippen LogP contribution is 1.85. The Morgan fingerprint density at radius 1 is 0.864 bits per heavy atom. The molecule has 0 aliphatic heterocycles. The lowest BCUT2D eigenvalue weighted by Crippen LogP contribution is -2.30. The zero-order valence-electron chi connectivity index (χ0n) is 14.1. The van der Waals surface area contributed by atoms with Gasteiger partial charge in [-0.1, -0.05) is 13.8 Å². The van der Waals surface area contributed by atoms with E-state index in [1.54, 1.807) is 0 Å². The van der Waals surface area contributed by atoms with E-state index in [4.69, 9.17) is 9.47 Å². The third-order valence-electron chi connectivity index (χ3n) is 2.69. The third-order valence-corrected chi connectivity index (χ3v) is 2.69. The molecule has 0 aromatic heterocycles. The standard InChI is InChI=1S/C15H31N3O4/c1-4-16-14(19)5-9-22-12-8-18-15(20)6-10-21-11-7-17-13(2)3/h13,17H,4-12H2,1-3H3,(H,16,19)(H,18,20). The van der Waals surface area contributed by atoms with Crippen molar-refractivity contribution in [3.63, 3.8) is 0 Å². The highest BCUT2D eigenvalue weighted by Gasteiger charge is 2.02. The first-order valence-electron chi connectivity index (χ1n) is 7.98. The average Bonchev–Trinajstić information content (AvgIpc) is 2.46. The maximum absolute atomic E-state index is 11.5. The molecular weight excluding hydrogens is 286 g/mol. The number of hydrogen-bond donors (Lipinski definition) is 3. The minimum atomic E-state index is -0.0517. The van der Waals surface area contributed by atoms with Gasteiger partial charge in [-0.05, 0) is 6.92 Å². The van der Waals surface area contributed by atoms with Crippen molar-refractivity contribution < 1.29 is 19.1 Å². The highest BCUT2D eigenvalue weighted by molar-refractivity contribution is 5.76. The molecule has 7 nitrogen and oxygen atoms in total. The van der Waals surface area contributed by atoms with Crippen LogP contribution in [0, 0.1) is 0 Å². The molecule has 0 saturated carbocycles. The van der Waals surface area contributed by atoms with Crippen LogP contribution < -0.4 is 16.0 Å². The van der Waals surface area contributed by atoms with E-state index in [0.29, 0.717) is 58.4 Å². The molecule has 0 saturated heterocycles. The molecule has 22 heavy (non-hydrogen) atoms. The van der Waals surface area contributed by atoms with Crippen LogP contribution in [0.5, 0.6) is 0 Å². The lowest BCUT2D eigenvalue weighted by molar-refractivity contribution is -0.123. The molecule has 2 amide bonds. The molecule has 0 atom stereocenters. The largest absolute Gasteiger partial charge is 0.380 e. The Morgan fingerprint density at radius 2 is 1.41 bits per heavy atom. The molecule has 0 bridgehead atoms. The van der Waals surface area contributed by atoms with E-state index in [1.807, 2.05) is 6.92 Å². The van der Waals surface area contributed by atoms with Crippen LogP contribution in [0.3, 0.4) is 0 Å². The van der Waals surface area contributed by atoms with Gasteiger partial charge in [0.05, 0.1) is 26.4 Å². The zero-order valence-corrected chi connectivity index (χ0v) is 14.1. The topological polar surface area (TPSA) is 88.7 Å². The van der Waals surface area contributed by atoms with E-state index in [1.165, 1.54) is 0 Å². The van der Waals surface area contributed by atoms with Gasteiger partial charge in [-0.3, -0.25) is 9.59 Å². The summed E-state index contributed by atoms with van der Waals surface area (Å²) in [5.74, 6) is -0.0696. The fourth-order valence-electron chi connectivity index (χ4n) is 1.59. The predicted molar refractivity (Wildman–Crippen MR) is 85.7 cm³/mol. The summed E-state index contributed by atoms with van der Waals surface area (Å²) in [5.41, 5.74) is 0. The smallest absolute Gasteiger partial charge is 0.222 e. The molecule has 0 aliphatic carbocycles. The van der Waals surface area contributed by atoms with E-state index in [2.05, 4.69) is 29.8 Å². The van der Waals surface area contributed by atoms with E-state index < -0.39 is 0 Å². The average molecular weight is 317 g/mol. The van der Waals surface area contributed by atoms with E-state index in [9.17, 15) is 9.59 Å². The van der Waals surface area contributed by atoms with Crippen molar-refractivity contribution in [1.82, 2.24) is 16.0 Å². The molecule has 0 aromatic carbocycles. The van der Waals surface area contributed by atoms with Gasteiger partial charge in [-0.15, -0.1) is 0 Å². The van der Waals surface area contributed by atoms with Gasteiger partial charge in [0.1, 0.15) is 0 Å². The molecule has 7 heteroatoms. The monoisotopic (exact) mass is 317 g/mol. The van der Waals surface area contributed by atoms with Gasteiger partial charge in [0.2, 0.25) is 11.8 Å². The lowest BCUT2D eigenvalue weighted by atomic mass is 10.4. The van der Waals surface area contributed by atoms with Crippen molar-refractivity contribution in [2.75, 3.05) is 46.1 Å². The Balaban J connectivity index is 3.27. The molecule has 0 aromatic rings. The summed E-state index contributed by atoms with van der Waals surface area (Å²) in [7, 11) is 0. The summed E-state index contributed by atoms with van der Waals surface area (Å²) >= 11 is 0. The lowest BCUT2D eigenvalue weighted by Gasteiger charge is -2.09. The number of carbonyl (C=O) groups is 2. The van der Waals surface area contributed by atoms with Gasteiger partial charge in [0.15, 0.2) is 0 Å². The second-order valence-corrected chi connectivity index (χ2v) is 5.14. The Kier molecular flexibility index (Phi) is 14.0. The van der Waals surface area contributed by atoms with Crippen molar-refractivity contribution in [3.8, 4) is 0 Å². The van der Waals surface area contributed by atoms with Crippen molar-refractivity contribution in [1.29, 1.82) is 0 Å². The van der Waals surface area contributed by atoms with Gasteiger partial charge in [-0.25, -0.2) is 0 Å². The normalized spacial score (nSPS) is 10.7. The van der Waals surface area contributed by atoms with E-state index in [-0.39, 0.29) is 11.8 Å². The summed E-state index contributed by atoms with van der Waals surface area (Å²) in [6.07, 6.45) is 0.695. The van der Waals surface area contributed by atoms with E-state index >= 15 is 0 Å². The number of nitrogens with one attached hydrogen (secondary N) is 3. The maximum atomic E-state index is 11.5. The zero-order chi connectivity index (χ0) is 16.6. The molecule has 130 valence electrons. The fraction of sp³-hybridized carbons (Fsp3) is 0.867. The van der Waals surface area contributed by atoms with Gasteiger partial charge in [-0.2, -0.15) is 0 Å². The van der Waals surface area contributed by atoms with Crippen LogP contribution in [0.2, 0.25) is 0 Å². The number of amides is 2. The molecule has 0 rings (SSSR count). The van der Waals surface area contributed by atoms with Crippen LogP contribution in [0.4, 0.5) is 0 Å². The van der Waals surface area contributed by atoms with Crippen LogP contribution in [0.25, 0.3) is 0 Å². The van der Waals surface area contributed by atoms with Gasteiger partial charge in [0.25, 0.3) is 0 Å². The first kappa shape index (κ1) is 20.8. The van der Waals surface area contributed by atoms with Crippen molar-refractivity contribution in [2.45, 2.75) is 39.7 Å². The molecular formula is C15H31N3O4. The van der Waals surface area contributed by atoms with Crippen LogP contribution in [0.15, 0.2) is 0 Å². The Hall–Kier alpha value is -1.18. The summed E-state index contributed by atoms with van der Waals surface area (Å²) in [5, 5.41) is 8.67. The number of rotatable bonds is 14. The molecule has 0 spiro atoms. The molecule has 3 N–H and O–H groups in total. The van der Waals surface area contributed by atoms with Crippen molar-refractivity contribution >= 4 is 11.8 Å². The summed E-state index contributed by atoms with van der Waals surface area (Å²) in [6.45, 7) is 9.69. The molecule has 0 unspecified atom stereocenters. The summed E-state index contributed by atoms with van der Waals surface area (Å²) in [6, 6.07) is 0.444. The third kappa shape index (κ3) is 15.2. The first-order valence-corrected chi connectivity index (χ1v) is 7.98. The van der Waals surface area contributed by atoms with Gasteiger partial charge < -0.3 is 25.4 Å². The Bertz CT molecular complexity index is 299. The Morgan fingerprint density at radius 3 is 1.95 bits per heavy atom. The van der Waals surface area contributed by atoms with Gasteiger partial charge in [0, 0.05) is 38.5 Å². The molecule has 0 radical (unpaired) electrons. The quantitative estimate of drug-likeness (QED) is 0.394. The van der Waals surface area contributed by atoms with Crippen LogP contribution in [-0.2, 0) is 19.1 Å². The minimum absolute atomic E-state index is 0.0179. The predicted octanol–water partition coefficient (Wildman–Crippen LogP) is 0.0501. The second kappa shape index (κ2) is 14.7. The molecule has 0 heterocycles. The van der Waals surface area contributed by atoms with Crippen molar-refractivity contribution in [2.24, 2.45) is 0 Å².